The second-order valence-electron chi connectivity index (χ2n) is 5.57. The molecule has 1 amide bonds. The van der Waals surface area contributed by atoms with Gasteiger partial charge in [-0.15, -0.1) is 0 Å². The molecule has 0 saturated carbocycles. The maximum Gasteiger partial charge on any atom is 0.257 e. The number of hydrogen-bond acceptors (Lipinski definition) is 4. The van der Waals surface area contributed by atoms with Gasteiger partial charge >= 0.3 is 0 Å². The van der Waals surface area contributed by atoms with Gasteiger partial charge in [0.15, 0.2) is 0 Å². The molecule has 2 aromatic rings. The van der Waals surface area contributed by atoms with Gasteiger partial charge < -0.3 is 14.9 Å². The average Bonchev–Trinajstić information content (AvgIpc) is 2.61. The second kappa shape index (κ2) is 6.93. The van der Waals surface area contributed by atoms with Gasteiger partial charge in [-0.2, -0.15) is 5.26 Å². The Balaban J connectivity index is 1.69. The molecule has 1 saturated heterocycles. The molecule has 0 unspecified atom stereocenters. The molecule has 1 heterocycles. The number of hydrogen-bond donors (Lipinski definition) is 1. The van der Waals surface area contributed by atoms with Gasteiger partial charge in [-0.25, -0.2) is 0 Å². The summed E-state index contributed by atoms with van der Waals surface area (Å²) in [5.41, 5.74) is 1.97. The van der Waals surface area contributed by atoms with Crippen molar-refractivity contribution in [3.05, 3.63) is 58.1 Å². The first kappa shape index (κ1) is 16.3. The van der Waals surface area contributed by atoms with Gasteiger partial charge in [0.1, 0.15) is 5.75 Å². The van der Waals surface area contributed by atoms with Crippen LogP contribution in [0.3, 0.4) is 0 Å². The first-order valence-electron chi connectivity index (χ1n) is 7.62. The Labute approximate surface area is 148 Å². The molecule has 0 bridgehead atoms. The van der Waals surface area contributed by atoms with E-state index in [1.165, 1.54) is 6.07 Å². The van der Waals surface area contributed by atoms with Crippen LogP contribution < -0.4 is 4.90 Å². The summed E-state index contributed by atoms with van der Waals surface area (Å²) in [6.07, 6.45) is 0. The molecule has 0 atom stereocenters. The predicted octanol–water partition coefficient (Wildman–Crippen LogP) is 2.99. The zero-order chi connectivity index (χ0) is 17.1. The van der Waals surface area contributed by atoms with Crippen molar-refractivity contribution in [2.45, 2.75) is 0 Å². The molecule has 0 spiro atoms. The van der Waals surface area contributed by atoms with Crippen LogP contribution in [0.5, 0.6) is 5.75 Å². The van der Waals surface area contributed by atoms with E-state index in [1.807, 2.05) is 6.07 Å². The van der Waals surface area contributed by atoms with E-state index in [2.05, 4.69) is 26.9 Å². The molecule has 0 aromatic heterocycles. The molecule has 1 aliphatic heterocycles. The highest BCUT2D eigenvalue weighted by atomic mass is 79.9. The van der Waals surface area contributed by atoms with E-state index in [0.29, 0.717) is 37.3 Å². The number of aromatic hydroxyl groups is 1. The smallest absolute Gasteiger partial charge is 0.257 e. The second-order valence-corrected chi connectivity index (χ2v) is 6.43. The van der Waals surface area contributed by atoms with Crippen LogP contribution in [0.4, 0.5) is 5.69 Å². The number of piperazine rings is 1. The zero-order valence-electron chi connectivity index (χ0n) is 12.9. The highest BCUT2D eigenvalue weighted by Crippen LogP contribution is 2.28. The van der Waals surface area contributed by atoms with E-state index in [0.717, 1.165) is 10.2 Å². The largest absolute Gasteiger partial charge is 0.507 e. The molecule has 122 valence electrons. The fraction of sp³-hybridized carbons (Fsp3) is 0.222. The maximum absolute atomic E-state index is 12.5. The number of phenols is 1. The lowest BCUT2D eigenvalue weighted by Gasteiger charge is -2.36. The van der Waals surface area contributed by atoms with Crippen molar-refractivity contribution in [2.24, 2.45) is 0 Å². The third-order valence-electron chi connectivity index (χ3n) is 4.12. The highest BCUT2D eigenvalue weighted by Gasteiger charge is 2.24. The fourth-order valence-electron chi connectivity index (χ4n) is 2.81. The van der Waals surface area contributed by atoms with Crippen LogP contribution in [0.25, 0.3) is 0 Å². The van der Waals surface area contributed by atoms with E-state index < -0.39 is 0 Å². The highest BCUT2D eigenvalue weighted by molar-refractivity contribution is 9.10. The van der Waals surface area contributed by atoms with E-state index in [1.54, 1.807) is 35.2 Å². The van der Waals surface area contributed by atoms with Crippen molar-refractivity contribution in [1.29, 1.82) is 5.26 Å². The van der Waals surface area contributed by atoms with Crippen LogP contribution in [0.15, 0.2) is 46.9 Å². The number of benzene rings is 2. The summed E-state index contributed by atoms with van der Waals surface area (Å²) in [5.74, 6) is -0.133. The molecular weight excluding hydrogens is 370 g/mol. The molecule has 0 radical (unpaired) electrons. The molecule has 24 heavy (non-hydrogen) atoms. The van der Waals surface area contributed by atoms with Gasteiger partial charge in [-0.05, 0) is 46.3 Å². The minimum absolute atomic E-state index is 0.0137. The van der Waals surface area contributed by atoms with Crippen molar-refractivity contribution in [2.75, 3.05) is 31.1 Å². The van der Waals surface area contributed by atoms with Gasteiger partial charge in [0.25, 0.3) is 5.91 Å². The maximum atomic E-state index is 12.5. The molecule has 5 nitrogen and oxygen atoms in total. The normalized spacial score (nSPS) is 14.3. The average molecular weight is 386 g/mol. The van der Waals surface area contributed by atoms with Crippen molar-refractivity contribution in [1.82, 2.24) is 4.90 Å². The number of phenolic OH excluding ortho intramolecular Hbond substituents is 1. The van der Waals surface area contributed by atoms with Crippen LogP contribution in [0.1, 0.15) is 15.9 Å². The third-order valence-corrected chi connectivity index (χ3v) is 4.75. The Morgan fingerprint density at radius 2 is 1.83 bits per heavy atom. The van der Waals surface area contributed by atoms with Crippen LogP contribution in [0.2, 0.25) is 0 Å². The number of amides is 1. The predicted molar refractivity (Wildman–Crippen MR) is 95.1 cm³/mol. The molecule has 1 N–H and O–H groups in total. The molecular formula is C18H16BrN3O2. The van der Waals surface area contributed by atoms with Crippen molar-refractivity contribution >= 4 is 27.5 Å². The number of carbonyl (C=O) groups excluding carboxylic acids is 1. The monoisotopic (exact) mass is 385 g/mol. The first-order chi connectivity index (χ1) is 11.6. The minimum atomic E-state index is -0.147. The number of halogens is 1. The first-order valence-corrected chi connectivity index (χ1v) is 8.41. The Kier molecular flexibility index (Phi) is 4.72. The molecule has 1 aliphatic rings. The van der Waals surface area contributed by atoms with Crippen LogP contribution in [0, 0.1) is 11.3 Å². The van der Waals surface area contributed by atoms with Gasteiger partial charge in [-0.3, -0.25) is 4.79 Å². The quantitative estimate of drug-likeness (QED) is 0.862. The summed E-state index contributed by atoms with van der Waals surface area (Å²) in [6, 6.07) is 14.2. The standard InChI is InChI=1S/C18H16BrN3O2/c19-15-11-13(12-20)5-6-16(15)21-7-9-22(10-8-21)18(24)14-3-1-2-4-17(14)23/h1-6,11,23H,7-10H2. The SMILES string of the molecule is N#Cc1ccc(N2CCN(C(=O)c3ccccc3O)CC2)c(Br)c1. The van der Waals surface area contributed by atoms with E-state index in [-0.39, 0.29) is 11.7 Å². The van der Waals surface area contributed by atoms with E-state index in [4.69, 9.17) is 5.26 Å². The van der Waals surface area contributed by atoms with Crippen LogP contribution in [-0.4, -0.2) is 42.1 Å². The number of nitrogens with zero attached hydrogens (tertiary/aromatic N) is 3. The summed E-state index contributed by atoms with van der Waals surface area (Å²) < 4.78 is 0.877. The van der Waals surface area contributed by atoms with E-state index >= 15 is 0 Å². The lowest BCUT2D eigenvalue weighted by Crippen LogP contribution is -2.48. The molecule has 6 heteroatoms. The lowest BCUT2D eigenvalue weighted by atomic mass is 10.1. The van der Waals surface area contributed by atoms with Gasteiger partial charge in [-0.1, -0.05) is 12.1 Å². The summed E-state index contributed by atoms with van der Waals surface area (Å²) in [4.78, 5) is 16.4. The van der Waals surface area contributed by atoms with Crippen molar-refractivity contribution in [3.63, 3.8) is 0 Å². The number of anilines is 1. The molecule has 0 aliphatic carbocycles. The van der Waals surface area contributed by atoms with Gasteiger partial charge in [0.2, 0.25) is 0 Å². The van der Waals surface area contributed by atoms with Crippen LogP contribution in [-0.2, 0) is 0 Å². The summed E-state index contributed by atoms with van der Waals surface area (Å²) >= 11 is 3.51. The van der Waals surface area contributed by atoms with Gasteiger partial charge in [0.05, 0.1) is 22.9 Å². The lowest BCUT2D eigenvalue weighted by molar-refractivity contribution is 0.0743. The number of para-hydroxylation sites is 1. The van der Waals surface area contributed by atoms with Crippen molar-refractivity contribution in [3.8, 4) is 11.8 Å². The van der Waals surface area contributed by atoms with E-state index in [9.17, 15) is 9.90 Å². The number of nitriles is 1. The summed E-state index contributed by atoms with van der Waals surface area (Å²) in [6.45, 7) is 2.56. The van der Waals surface area contributed by atoms with Crippen molar-refractivity contribution < 1.29 is 9.90 Å². The fourth-order valence-corrected chi connectivity index (χ4v) is 3.44. The number of rotatable bonds is 2. The summed E-state index contributed by atoms with van der Waals surface area (Å²) in [5, 5.41) is 18.8. The molecule has 1 fully saturated rings. The Morgan fingerprint density at radius 3 is 2.46 bits per heavy atom. The molecule has 2 aromatic carbocycles. The van der Waals surface area contributed by atoms with Gasteiger partial charge in [0, 0.05) is 30.7 Å². The third kappa shape index (κ3) is 3.22. The Morgan fingerprint density at radius 1 is 1.12 bits per heavy atom. The topological polar surface area (TPSA) is 67.6 Å². The number of carbonyl (C=O) groups is 1. The van der Waals surface area contributed by atoms with Crippen LogP contribution >= 0.6 is 15.9 Å². The summed E-state index contributed by atoms with van der Waals surface area (Å²) in [7, 11) is 0. The minimum Gasteiger partial charge on any atom is -0.507 e. The zero-order valence-corrected chi connectivity index (χ0v) is 14.5. The Hall–Kier alpha value is -2.52. The Bertz CT molecular complexity index is 808. The molecule has 3 rings (SSSR count).